The lowest BCUT2D eigenvalue weighted by Crippen LogP contribution is -2.66. The van der Waals surface area contributed by atoms with Crippen LogP contribution in [0.5, 0.6) is 0 Å². The molecule has 0 aromatic carbocycles. The summed E-state index contributed by atoms with van der Waals surface area (Å²) in [7, 11) is 0. The van der Waals surface area contributed by atoms with Gasteiger partial charge in [0.1, 0.15) is 0 Å². The van der Waals surface area contributed by atoms with E-state index in [-0.39, 0.29) is 45.3 Å². The Morgan fingerprint density at radius 3 is 1.39 bits per heavy atom. The first-order valence-electron chi connectivity index (χ1n) is 10.8. The first-order valence-corrected chi connectivity index (χ1v) is 10.8. The molecule has 0 spiro atoms. The molecule has 0 rings (SSSR count). The Balaban J connectivity index is 5.48. The fraction of sp³-hybridized carbons (Fsp3) is 0.895. The topological polar surface area (TPSA) is 108 Å². The fourth-order valence-electron chi connectivity index (χ4n) is 2.61. The number of carbonyl (C=O) groups excluding carboxylic acids is 2. The van der Waals surface area contributed by atoms with Crippen molar-refractivity contribution >= 4 is 11.8 Å². The zero-order valence-electron chi connectivity index (χ0n) is 18.9. The normalized spacial score (nSPS) is 14.9. The largest absolute Gasteiger partial charge is 0.458 e. The van der Waals surface area contributed by atoms with Gasteiger partial charge in [0.2, 0.25) is 0 Å². The van der Waals surface area contributed by atoms with Crippen molar-refractivity contribution in [3.05, 3.63) is 0 Å². The molecule has 0 fully saturated rings. The van der Waals surface area contributed by atoms with Crippen molar-refractivity contribution < 1.29 is 68.4 Å². The first kappa shape index (κ1) is 34.1. The predicted molar refractivity (Wildman–Crippen MR) is 103 cm³/mol. The first-order chi connectivity index (χ1) is 16.4. The number of alkyl halides is 10. The van der Waals surface area contributed by atoms with Gasteiger partial charge in [-0.15, -0.1) is 0 Å². The molecule has 0 radical (unpaired) electrons. The second-order valence-electron chi connectivity index (χ2n) is 7.65. The van der Waals surface area contributed by atoms with Crippen LogP contribution in [0.25, 0.3) is 0 Å². The van der Waals surface area contributed by atoms with Crippen molar-refractivity contribution in [3.8, 4) is 0 Å². The van der Waals surface area contributed by atoms with Gasteiger partial charge < -0.3 is 20.8 Å². The second kappa shape index (κ2) is 14.2. The van der Waals surface area contributed by atoms with Gasteiger partial charge in [-0.25, -0.2) is 0 Å². The minimum atomic E-state index is -7.02. The highest BCUT2D eigenvalue weighted by Gasteiger charge is 2.80. The third-order valence-electron chi connectivity index (χ3n) is 4.71. The molecule has 0 aliphatic heterocycles. The van der Waals surface area contributed by atoms with Gasteiger partial charge >= 0.3 is 30.0 Å². The summed E-state index contributed by atoms with van der Waals surface area (Å²) in [5, 5.41) is 19.6. The van der Waals surface area contributed by atoms with E-state index in [0.717, 1.165) is 0 Å². The molecule has 17 heteroatoms. The van der Waals surface area contributed by atoms with Gasteiger partial charge in [-0.05, 0) is 25.7 Å². The summed E-state index contributed by atoms with van der Waals surface area (Å²) in [5.74, 6) is -25.6. The molecule has 0 bridgehead atoms. The summed E-state index contributed by atoms with van der Waals surface area (Å²) in [6, 6.07) is 0. The lowest BCUT2D eigenvalue weighted by Gasteiger charge is -2.35. The number of carbonyl (C=O) groups is 2. The van der Waals surface area contributed by atoms with E-state index in [1.165, 1.54) is 10.6 Å². The number of ether oxygens (including phenoxy) is 1. The number of aliphatic hydroxyl groups is 2. The van der Waals surface area contributed by atoms with Crippen LogP contribution in [0, 0.1) is 0 Å². The summed E-state index contributed by atoms with van der Waals surface area (Å²) >= 11 is 0. The standard InChI is InChI=1S/C19H28F10N2O5/c20-15(21,13(34)30-9-5-1-3-7-11-32)17(23,24)19(28,29)36-16(22,18(25,26)27)14(35)31-10-6-2-4-8-12-33/h32-33H,1-12H2,(H,30,34)(H,31,35). The molecule has 36 heavy (non-hydrogen) atoms. The Bertz CT molecular complexity index is 694. The van der Waals surface area contributed by atoms with E-state index in [1.54, 1.807) is 0 Å². The van der Waals surface area contributed by atoms with Crippen LogP contribution in [-0.4, -0.2) is 78.3 Å². The Kier molecular flexibility index (Phi) is 13.4. The van der Waals surface area contributed by atoms with E-state index in [1.807, 2.05) is 0 Å². The average Bonchev–Trinajstić information content (AvgIpc) is 2.76. The average molecular weight is 554 g/mol. The summed E-state index contributed by atoms with van der Waals surface area (Å²) < 4.78 is 139. The van der Waals surface area contributed by atoms with Crippen LogP contribution in [0.2, 0.25) is 0 Å². The molecule has 0 aromatic heterocycles. The van der Waals surface area contributed by atoms with Gasteiger partial charge in [-0.2, -0.15) is 43.9 Å². The Morgan fingerprint density at radius 1 is 0.611 bits per heavy atom. The van der Waals surface area contributed by atoms with Crippen molar-refractivity contribution in [1.82, 2.24) is 10.6 Å². The van der Waals surface area contributed by atoms with Crippen molar-refractivity contribution in [2.45, 2.75) is 81.4 Å². The summed E-state index contributed by atoms with van der Waals surface area (Å²) in [6.07, 6.45) is -12.3. The Hall–Kier alpha value is -1.88. The third kappa shape index (κ3) is 8.90. The van der Waals surface area contributed by atoms with Crippen LogP contribution in [0.3, 0.4) is 0 Å². The molecule has 7 nitrogen and oxygen atoms in total. The van der Waals surface area contributed by atoms with Gasteiger partial charge in [0, 0.05) is 26.3 Å². The number of unbranched alkanes of at least 4 members (excludes halogenated alkanes) is 6. The molecule has 4 N–H and O–H groups in total. The fourth-order valence-corrected chi connectivity index (χ4v) is 2.61. The Labute approximate surface area is 199 Å². The number of rotatable bonds is 18. The lowest BCUT2D eigenvalue weighted by molar-refractivity contribution is -0.455. The van der Waals surface area contributed by atoms with Crippen molar-refractivity contribution in [1.29, 1.82) is 0 Å². The number of hydrogen-bond acceptors (Lipinski definition) is 5. The van der Waals surface area contributed by atoms with Crippen LogP contribution in [0.1, 0.15) is 51.4 Å². The molecule has 0 aliphatic carbocycles. The molecule has 214 valence electrons. The zero-order chi connectivity index (χ0) is 28.3. The van der Waals surface area contributed by atoms with Gasteiger partial charge in [-0.1, -0.05) is 25.7 Å². The molecule has 0 heterocycles. The molecule has 0 saturated carbocycles. The van der Waals surface area contributed by atoms with Crippen LogP contribution in [-0.2, 0) is 14.3 Å². The van der Waals surface area contributed by atoms with Crippen LogP contribution >= 0.6 is 0 Å². The van der Waals surface area contributed by atoms with Crippen LogP contribution in [0.4, 0.5) is 43.9 Å². The summed E-state index contributed by atoms with van der Waals surface area (Å²) in [4.78, 5) is 23.0. The molecular weight excluding hydrogens is 526 g/mol. The van der Waals surface area contributed by atoms with Gasteiger partial charge in [0.25, 0.3) is 11.8 Å². The minimum absolute atomic E-state index is 0.0951. The molecular formula is C19H28F10N2O5. The van der Waals surface area contributed by atoms with Crippen LogP contribution in [0.15, 0.2) is 0 Å². The van der Waals surface area contributed by atoms with E-state index >= 15 is 0 Å². The van der Waals surface area contributed by atoms with E-state index in [4.69, 9.17) is 10.2 Å². The predicted octanol–water partition coefficient (Wildman–Crippen LogP) is 3.43. The number of amides is 2. The highest BCUT2D eigenvalue weighted by Crippen LogP contribution is 2.50. The van der Waals surface area contributed by atoms with Crippen molar-refractivity contribution in [2.75, 3.05) is 26.3 Å². The van der Waals surface area contributed by atoms with E-state index in [2.05, 4.69) is 4.74 Å². The SMILES string of the molecule is O=C(NCCCCCCO)C(F)(F)C(F)(F)C(F)(F)OC(F)(C(=O)NCCCCCCO)C(F)(F)F. The van der Waals surface area contributed by atoms with Crippen molar-refractivity contribution in [3.63, 3.8) is 0 Å². The second-order valence-corrected chi connectivity index (χ2v) is 7.65. The molecule has 1 unspecified atom stereocenters. The third-order valence-corrected chi connectivity index (χ3v) is 4.71. The molecule has 0 saturated heterocycles. The van der Waals surface area contributed by atoms with Gasteiger partial charge in [0.05, 0.1) is 0 Å². The van der Waals surface area contributed by atoms with Gasteiger partial charge in [-0.3, -0.25) is 14.3 Å². The maximum Gasteiger partial charge on any atom is 0.458 e. The number of hydrogen-bond donors (Lipinski definition) is 4. The minimum Gasteiger partial charge on any atom is -0.396 e. The Morgan fingerprint density at radius 2 is 1.00 bits per heavy atom. The summed E-state index contributed by atoms with van der Waals surface area (Å²) in [6.45, 7) is -1.90. The van der Waals surface area contributed by atoms with E-state index < -0.39 is 54.9 Å². The summed E-state index contributed by atoms with van der Waals surface area (Å²) in [5.41, 5.74) is 0. The molecule has 2 amide bonds. The van der Waals surface area contributed by atoms with Gasteiger partial charge in [0.15, 0.2) is 0 Å². The zero-order valence-corrected chi connectivity index (χ0v) is 18.9. The lowest BCUT2D eigenvalue weighted by atomic mass is 10.1. The molecule has 1 atom stereocenters. The number of nitrogens with one attached hydrogen (secondary N) is 2. The smallest absolute Gasteiger partial charge is 0.396 e. The van der Waals surface area contributed by atoms with E-state index in [0.29, 0.717) is 19.3 Å². The maximum atomic E-state index is 14.3. The highest BCUT2D eigenvalue weighted by atomic mass is 19.4. The molecule has 0 aromatic rings. The van der Waals surface area contributed by atoms with E-state index in [9.17, 15) is 53.5 Å². The number of halogens is 10. The monoisotopic (exact) mass is 554 g/mol. The highest BCUT2D eigenvalue weighted by molar-refractivity contribution is 5.85. The number of aliphatic hydroxyl groups excluding tert-OH is 2. The quantitative estimate of drug-likeness (QED) is 0.154. The van der Waals surface area contributed by atoms with Crippen molar-refractivity contribution in [2.24, 2.45) is 0 Å². The molecule has 0 aliphatic rings. The maximum absolute atomic E-state index is 14.3. The van der Waals surface area contributed by atoms with Crippen LogP contribution < -0.4 is 10.6 Å².